The van der Waals surface area contributed by atoms with Crippen LogP contribution in [-0.2, 0) is 9.09 Å². The second-order valence-corrected chi connectivity index (χ2v) is 4.01. The van der Waals surface area contributed by atoms with Crippen molar-refractivity contribution in [3.05, 3.63) is 0 Å². The minimum atomic E-state index is -4.29. The number of hydrogen-bond acceptors (Lipinski definition) is 4. The quantitative estimate of drug-likeness (QED) is 0.259. The van der Waals surface area contributed by atoms with Gasteiger partial charge in [0.05, 0.1) is 6.61 Å². The number of hydrogen-bond donors (Lipinski definition) is 4. The Balaban J connectivity index is 3.07. The molecule has 0 saturated heterocycles. The Labute approximate surface area is 83.4 Å². The Hall–Kier alpha value is -0.260. The van der Waals surface area contributed by atoms with Crippen LogP contribution in [0.4, 0.5) is 0 Å². The van der Waals surface area contributed by atoms with E-state index in [-0.39, 0.29) is 6.61 Å². The molecule has 0 amide bonds. The van der Waals surface area contributed by atoms with Crippen LogP contribution in [0.2, 0.25) is 0 Å². The second-order valence-electron chi connectivity index (χ2n) is 2.77. The minimum absolute atomic E-state index is 0.0574. The number of nitrogens with one attached hydrogen (secondary N) is 2. The van der Waals surface area contributed by atoms with Crippen molar-refractivity contribution >= 4 is 14.0 Å². The minimum Gasteiger partial charge on any atom is -0.317 e. The average Bonchev–Trinajstić information content (AvgIpc) is 2.08. The van der Waals surface area contributed by atoms with Crippen molar-refractivity contribution in [3.63, 3.8) is 0 Å². The van der Waals surface area contributed by atoms with Crippen molar-refractivity contribution in [2.24, 2.45) is 0 Å². The van der Waals surface area contributed by atoms with Gasteiger partial charge in [0.25, 0.3) is 0 Å². The van der Waals surface area contributed by atoms with Crippen LogP contribution >= 0.6 is 7.82 Å². The lowest BCUT2D eigenvalue weighted by Gasteiger charge is -2.05. The first-order chi connectivity index (χ1) is 6.56. The van der Waals surface area contributed by atoms with E-state index in [0.717, 1.165) is 19.4 Å². The number of unbranched alkanes of at least 4 members (excludes halogenated alkanes) is 1. The van der Waals surface area contributed by atoms with Crippen molar-refractivity contribution in [3.8, 4) is 0 Å². The molecule has 0 aromatic carbocycles. The van der Waals surface area contributed by atoms with Gasteiger partial charge in [0.2, 0.25) is 0 Å². The van der Waals surface area contributed by atoms with Gasteiger partial charge in [-0.1, -0.05) is 0 Å². The average molecular weight is 224 g/mol. The summed E-state index contributed by atoms with van der Waals surface area (Å²) >= 11 is 0. The summed E-state index contributed by atoms with van der Waals surface area (Å²) in [4.78, 5) is 16.7. The highest BCUT2D eigenvalue weighted by atomic mass is 31.2. The number of phosphoric ester groups is 1. The van der Waals surface area contributed by atoms with E-state index in [4.69, 9.17) is 15.2 Å². The van der Waals surface area contributed by atoms with E-state index < -0.39 is 7.82 Å². The van der Waals surface area contributed by atoms with Gasteiger partial charge in [-0.25, -0.2) is 4.57 Å². The largest absolute Gasteiger partial charge is 0.469 e. The van der Waals surface area contributed by atoms with Gasteiger partial charge < -0.3 is 20.5 Å². The lowest BCUT2D eigenvalue weighted by molar-refractivity contribution is 0.194. The Morgan fingerprint density at radius 1 is 1.36 bits per heavy atom. The van der Waals surface area contributed by atoms with E-state index in [1.165, 1.54) is 6.21 Å². The van der Waals surface area contributed by atoms with E-state index in [0.29, 0.717) is 13.0 Å². The first kappa shape index (κ1) is 13.7. The Kier molecular flexibility index (Phi) is 7.93. The normalized spacial score (nSPS) is 11.6. The van der Waals surface area contributed by atoms with E-state index in [2.05, 4.69) is 9.84 Å². The molecule has 0 bridgehead atoms. The summed E-state index contributed by atoms with van der Waals surface area (Å²) in [7, 11) is -4.29. The fraction of sp³-hybridized carbons (Fsp3) is 0.857. The second kappa shape index (κ2) is 8.08. The van der Waals surface area contributed by atoms with Crippen molar-refractivity contribution < 1.29 is 18.9 Å². The third-order valence-corrected chi connectivity index (χ3v) is 1.98. The molecule has 6 nitrogen and oxygen atoms in total. The molecule has 14 heavy (non-hydrogen) atoms. The third kappa shape index (κ3) is 11.7. The summed E-state index contributed by atoms with van der Waals surface area (Å²) in [6, 6.07) is 0. The molecular weight excluding hydrogens is 207 g/mol. The van der Waals surface area contributed by atoms with Crippen LogP contribution in [0.25, 0.3) is 0 Å². The molecule has 0 rings (SSSR count). The molecule has 0 heterocycles. The van der Waals surface area contributed by atoms with Crippen LogP contribution in [0.3, 0.4) is 0 Å². The van der Waals surface area contributed by atoms with Crippen molar-refractivity contribution in [1.82, 2.24) is 5.32 Å². The van der Waals surface area contributed by atoms with Crippen LogP contribution in [0.1, 0.15) is 19.3 Å². The smallest absolute Gasteiger partial charge is 0.317 e. The van der Waals surface area contributed by atoms with Crippen LogP contribution in [-0.4, -0.2) is 35.7 Å². The maximum atomic E-state index is 10.2. The van der Waals surface area contributed by atoms with E-state index in [9.17, 15) is 4.57 Å². The summed E-state index contributed by atoms with van der Waals surface area (Å²) in [5, 5.41) is 9.83. The van der Waals surface area contributed by atoms with E-state index >= 15 is 0 Å². The molecule has 0 spiro atoms. The highest BCUT2D eigenvalue weighted by Crippen LogP contribution is 2.35. The van der Waals surface area contributed by atoms with Gasteiger partial charge in [0.1, 0.15) is 0 Å². The molecule has 0 fully saturated rings. The third-order valence-electron chi connectivity index (χ3n) is 1.46. The van der Waals surface area contributed by atoms with Gasteiger partial charge in [0, 0.05) is 0 Å². The standard InChI is InChI=1S/C7H17N2O4P/c8-4-1-2-5-9-6-3-7-13-14(10,11)12/h4,8-9H,1-3,5-7H2,(H2,10,11,12). The predicted molar refractivity (Wildman–Crippen MR) is 53.5 cm³/mol. The molecule has 0 atom stereocenters. The molecule has 0 unspecified atom stereocenters. The zero-order valence-corrected chi connectivity index (χ0v) is 8.87. The maximum Gasteiger partial charge on any atom is 0.469 e. The lowest BCUT2D eigenvalue weighted by Crippen LogP contribution is -2.17. The summed E-state index contributed by atoms with van der Waals surface area (Å²) in [6.45, 7) is 1.53. The molecule has 0 aromatic rings. The first-order valence-electron chi connectivity index (χ1n) is 4.46. The first-order valence-corrected chi connectivity index (χ1v) is 5.99. The van der Waals surface area contributed by atoms with Gasteiger partial charge in [-0.2, -0.15) is 0 Å². The summed E-state index contributed by atoms with van der Waals surface area (Å²) in [5.74, 6) is 0. The Morgan fingerprint density at radius 3 is 2.57 bits per heavy atom. The fourth-order valence-electron chi connectivity index (χ4n) is 0.835. The van der Waals surface area contributed by atoms with Crippen LogP contribution in [0, 0.1) is 5.41 Å². The molecule has 0 aliphatic carbocycles. The highest BCUT2D eigenvalue weighted by Gasteiger charge is 2.11. The topological polar surface area (TPSA) is 103 Å². The zero-order chi connectivity index (χ0) is 10.9. The highest BCUT2D eigenvalue weighted by molar-refractivity contribution is 7.46. The Morgan fingerprint density at radius 2 is 2.00 bits per heavy atom. The van der Waals surface area contributed by atoms with Crippen LogP contribution in [0.15, 0.2) is 0 Å². The van der Waals surface area contributed by atoms with Gasteiger partial charge in [0.15, 0.2) is 0 Å². The van der Waals surface area contributed by atoms with Crippen LogP contribution in [0.5, 0.6) is 0 Å². The molecule has 84 valence electrons. The van der Waals surface area contributed by atoms with Crippen molar-refractivity contribution in [2.75, 3.05) is 19.7 Å². The molecule has 0 radical (unpaired) electrons. The zero-order valence-electron chi connectivity index (χ0n) is 7.98. The Bertz CT molecular complexity index is 194. The monoisotopic (exact) mass is 224 g/mol. The van der Waals surface area contributed by atoms with Gasteiger partial charge in [-0.05, 0) is 38.6 Å². The van der Waals surface area contributed by atoms with Crippen molar-refractivity contribution in [2.45, 2.75) is 19.3 Å². The van der Waals surface area contributed by atoms with Gasteiger partial charge in [-0.3, -0.25) is 4.52 Å². The SMILES string of the molecule is N=CCCCNCCCOP(=O)(O)O. The lowest BCUT2D eigenvalue weighted by atomic mass is 10.3. The van der Waals surface area contributed by atoms with E-state index in [1.807, 2.05) is 0 Å². The van der Waals surface area contributed by atoms with E-state index in [1.54, 1.807) is 0 Å². The van der Waals surface area contributed by atoms with Gasteiger partial charge >= 0.3 is 7.82 Å². The number of rotatable bonds is 9. The molecule has 0 aromatic heterocycles. The maximum absolute atomic E-state index is 10.2. The summed E-state index contributed by atoms with van der Waals surface area (Å²) in [5.41, 5.74) is 0. The molecule has 4 N–H and O–H groups in total. The molecular formula is C7H17N2O4P. The summed E-state index contributed by atoms with van der Waals surface area (Å²) in [6.07, 6.45) is 3.59. The van der Waals surface area contributed by atoms with Gasteiger partial charge in [-0.15, -0.1) is 0 Å². The molecule has 7 heteroatoms. The van der Waals surface area contributed by atoms with Crippen LogP contribution < -0.4 is 5.32 Å². The predicted octanol–water partition coefficient (Wildman–Crippen LogP) is 0.505. The summed E-state index contributed by atoms with van der Waals surface area (Å²) < 4.78 is 14.5. The molecule has 0 aliphatic rings. The van der Waals surface area contributed by atoms with Crippen molar-refractivity contribution in [1.29, 1.82) is 5.41 Å². The molecule has 0 aliphatic heterocycles. The molecule has 0 saturated carbocycles. The number of phosphoric acid groups is 1. The fourth-order valence-corrected chi connectivity index (χ4v) is 1.20.